The van der Waals surface area contributed by atoms with Gasteiger partial charge in [0.15, 0.2) is 0 Å². The maximum atomic E-state index is 9.71. The summed E-state index contributed by atoms with van der Waals surface area (Å²) in [6.45, 7) is 5.23. The Labute approximate surface area is 188 Å². The molecule has 3 aromatic rings. The van der Waals surface area contributed by atoms with Crippen LogP contribution in [0.15, 0.2) is 43.1 Å². The Morgan fingerprint density at radius 1 is 1.19 bits per heavy atom. The van der Waals surface area contributed by atoms with E-state index < -0.39 is 0 Å². The Bertz CT molecular complexity index is 1040. The molecule has 8 heteroatoms. The van der Waals surface area contributed by atoms with E-state index in [1.807, 2.05) is 56.6 Å². The molecule has 1 aromatic carbocycles. The van der Waals surface area contributed by atoms with E-state index in [0.717, 1.165) is 54.2 Å². The number of aliphatic hydroxyl groups excluding tert-OH is 1. The van der Waals surface area contributed by atoms with Crippen LogP contribution in [0.1, 0.15) is 36.1 Å². The van der Waals surface area contributed by atoms with Crippen molar-refractivity contribution in [1.29, 1.82) is 0 Å². The smallest absolute Gasteiger partial charge is 0.225 e. The molecule has 0 amide bonds. The predicted molar refractivity (Wildman–Crippen MR) is 124 cm³/mol. The first-order valence-corrected chi connectivity index (χ1v) is 11.0. The molecule has 1 aliphatic rings. The average Bonchev–Trinajstić information content (AvgIpc) is 3.28. The summed E-state index contributed by atoms with van der Waals surface area (Å²) in [5.74, 6) is 1.76. The summed E-state index contributed by atoms with van der Waals surface area (Å²) in [5.41, 5.74) is 4.98. The lowest BCUT2D eigenvalue weighted by Gasteiger charge is -2.20. The van der Waals surface area contributed by atoms with E-state index in [0.29, 0.717) is 18.5 Å². The van der Waals surface area contributed by atoms with Gasteiger partial charge in [0, 0.05) is 68.4 Å². The van der Waals surface area contributed by atoms with Crippen molar-refractivity contribution in [2.45, 2.75) is 32.4 Å². The molecule has 32 heavy (non-hydrogen) atoms. The Kier molecular flexibility index (Phi) is 6.92. The lowest BCUT2D eigenvalue weighted by molar-refractivity contribution is 0.266. The van der Waals surface area contributed by atoms with Gasteiger partial charge in [-0.25, -0.2) is 19.9 Å². The molecular formula is C24H30N6O2. The summed E-state index contributed by atoms with van der Waals surface area (Å²) in [6, 6.07) is 6.08. The zero-order chi connectivity index (χ0) is 22.5. The van der Waals surface area contributed by atoms with Gasteiger partial charge in [0.2, 0.25) is 5.95 Å². The molecule has 1 unspecified atom stereocenters. The molecule has 0 saturated carbocycles. The minimum Gasteiger partial charge on any atom is -0.494 e. The first-order chi connectivity index (χ1) is 15.6. The molecule has 0 aliphatic carbocycles. The molecule has 8 nitrogen and oxygen atoms in total. The van der Waals surface area contributed by atoms with Crippen LogP contribution in [0.25, 0.3) is 11.1 Å². The molecule has 168 valence electrons. The van der Waals surface area contributed by atoms with Crippen molar-refractivity contribution in [2.75, 3.05) is 38.7 Å². The van der Waals surface area contributed by atoms with E-state index in [1.165, 1.54) is 11.9 Å². The van der Waals surface area contributed by atoms with Crippen LogP contribution in [0.2, 0.25) is 0 Å². The van der Waals surface area contributed by atoms with Gasteiger partial charge in [0.1, 0.15) is 12.1 Å². The second-order valence-electron chi connectivity index (χ2n) is 8.24. The molecule has 0 spiro atoms. The summed E-state index contributed by atoms with van der Waals surface area (Å²) >= 11 is 0. The topological polar surface area (TPSA) is 87.5 Å². The highest BCUT2D eigenvalue weighted by atomic mass is 16.5. The number of aromatic nitrogens is 4. The third kappa shape index (κ3) is 4.87. The van der Waals surface area contributed by atoms with Gasteiger partial charge in [-0.2, -0.15) is 0 Å². The van der Waals surface area contributed by atoms with Gasteiger partial charge in [0.05, 0.1) is 18.9 Å². The molecule has 4 rings (SSSR count). The van der Waals surface area contributed by atoms with Crippen LogP contribution in [0.4, 0.5) is 5.95 Å². The fourth-order valence-electron chi connectivity index (χ4n) is 4.18. The van der Waals surface area contributed by atoms with E-state index in [1.54, 1.807) is 0 Å². The van der Waals surface area contributed by atoms with Gasteiger partial charge in [-0.1, -0.05) is 6.07 Å². The molecule has 1 saturated heterocycles. The number of benzene rings is 1. The zero-order valence-corrected chi connectivity index (χ0v) is 18.9. The highest BCUT2D eigenvalue weighted by molar-refractivity contribution is 5.65. The normalized spacial score (nSPS) is 16.3. The number of anilines is 1. The first-order valence-electron chi connectivity index (χ1n) is 11.0. The second-order valence-corrected chi connectivity index (χ2v) is 8.24. The number of nitrogens with zero attached hydrogens (tertiary/aromatic N) is 6. The van der Waals surface area contributed by atoms with Crippen LogP contribution in [0.3, 0.4) is 0 Å². The molecule has 2 aromatic heterocycles. The van der Waals surface area contributed by atoms with E-state index in [9.17, 15) is 5.11 Å². The number of rotatable bonds is 8. The van der Waals surface area contributed by atoms with E-state index in [2.05, 4.69) is 25.9 Å². The van der Waals surface area contributed by atoms with Crippen molar-refractivity contribution >= 4 is 5.95 Å². The molecule has 1 atom stereocenters. The Morgan fingerprint density at radius 3 is 2.72 bits per heavy atom. The Morgan fingerprint density at radius 2 is 2.00 bits per heavy atom. The van der Waals surface area contributed by atoms with Crippen LogP contribution >= 0.6 is 0 Å². The average molecular weight is 435 g/mol. The Balaban J connectivity index is 1.55. The maximum Gasteiger partial charge on any atom is 0.225 e. The van der Waals surface area contributed by atoms with E-state index >= 15 is 0 Å². The van der Waals surface area contributed by atoms with Crippen LogP contribution < -0.4 is 9.64 Å². The number of hydrogen-bond donors (Lipinski definition) is 1. The van der Waals surface area contributed by atoms with Gasteiger partial charge < -0.3 is 14.7 Å². The summed E-state index contributed by atoms with van der Waals surface area (Å²) in [5, 5.41) is 9.71. The van der Waals surface area contributed by atoms with Crippen molar-refractivity contribution in [3.8, 4) is 16.9 Å². The standard InChI is InChI=1S/C24H30N6O2/c1-4-32-22-6-5-17(9-19(22)15-31)13-30-8-7-18(14-30)23-21(20-10-25-16-26-11-20)12-27-24(28-23)29(2)3/h5-6,9-12,16,18,31H,4,7-8,13-15H2,1-3H3. The number of aliphatic hydroxyl groups is 1. The summed E-state index contributed by atoms with van der Waals surface area (Å²) < 4.78 is 5.61. The fraction of sp³-hybridized carbons (Fsp3) is 0.417. The van der Waals surface area contributed by atoms with Crippen molar-refractivity contribution < 1.29 is 9.84 Å². The third-order valence-electron chi connectivity index (χ3n) is 5.74. The van der Waals surface area contributed by atoms with Crippen molar-refractivity contribution in [1.82, 2.24) is 24.8 Å². The van der Waals surface area contributed by atoms with Crippen molar-refractivity contribution in [3.63, 3.8) is 0 Å². The fourth-order valence-corrected chi connectivity index (χ4v) is 4.18. The summed E-state index contributed by atoms with van der Waals surface area (Å²) in [6.07, 6.45) is 8.07. The second kappa shape index (κ2) is 10.0. The zero-order valence-electron chi connectivity index (χ0n) is 18.9. The van der Waals surface area contributed by atoms with E-state index in [4.69, 9.17) is 9.72 Å². The highest BCUT2D eigenvalue weighted by Gasteiger charge is 2.28. The molecule has 1 aliphatic heterocycles. The van der Waals surface area contributed by atoms with Crippen molar-refractivity contribution in [3.05, 3.63) is 59.9 Å². The van der Waals surface area contributed by atoms with Gasteiger partial charge in [0.25, 0.3) is 0 Å². The van der Waals surface area contributed by atoms with E-state index in [-0.39, 0.29) is 6.61 Å². The number of ether oxygens (including phenoxy) is 1. The molecule has 1 fully saturated rings. The SMILES string of the molecule is CCOc1ccc(CN2CCC(c3nc(N(C)C)ncc3-c3cncnc3)C2)cc1CO. The minimum absolute atomic E-state index is 0.0252. The van der Waals surface area contributed by atoms with Crippen LogP contribution in [0, 0.1) is 0 Å². The monoisotopic (exact) mass is 434 g/mol. The summed E-state index contributed by atoms with van der Waals surface area (Å²) in [7, 11) is 3.91. The predicted octanol–water partition coefficient (Wildman–Crippen LogP) is 2.88. The Hall–Kier alpha value is -3.10. The molecule has 3 heterocycles. The lowest BCUT2D eigenvalue weighted by Crippen LogP contribution is -2.21. The molecular weight excluding hydrogens is 404 g/mol. The lowest BCUT2D eigenvalue weighted by atomic mass is 9.97. The van der Waals surface area contributed by atoms with Crippen LogP contribution in [-0.4, -0.2) is 63.7 Å². The highest BCUT2D eigenvalue weighted by Crippen LogP contribution is 2.34. The molecule has 0 bridgehead atoms. The third-order valence-corrected chi connectivity index (χ3v) is 5.74. The quantitative estimate of drug-likeness (QED) is 0.579. The first kappa shape index (κ1) is 22.1. The molecule has 1 N–H and O–H groups in total. The molecule has 0 radical (unpaired) electrons. The van der Waals surface area contributed by atoms with Crippen molar-refractivity contribution in [2.24, 2.45) is 0 Å². The van der Waals surface area contributed by atoms with Gasteiger partial charge >= 0.3 is 0 Å². The largest absolute Gasteiger partial charge is 0.494 e. The van der Waals surface area contributed by atoms with Crippen LogP contribution in [-0.2, 0) is 13.2 Å². The number of likely N-dealkylation sites (tertiary alicyclic amines) is 1. The minimum atomic E-state index is -0.0252. The van der Waals surface area contributed by atoms with Gasteiger partial charge in [-0.05, 0) is 37.6 Å². The van der Waals surface area contributed by atoms with Crippen LogP contribution in [0.5, 0.6) is 5.75 Å². The maximum absolute atomic E-state index is 9.71. The van der Waals surface area contributed by atoms with Gasteiger partial charge in [-0.15, -0.1) is 0 Å². The number of hydrogen-bond acceptors (Lipinski definition) is 8. The van der Waals surface area contributed by atoms with Gasteiger partial charge in [-0.3, -0.25) is 4.90 Å². The summed E-state index contributed by atoms with van der Waals surface area (Å²) in [4.78, 5) is 22.2.